The second-order valence-corrected chi connectivity index (χ2v) is 6.16. The number of rotatable bonds is 3. The van der Waals surface area contributed by atoms with Gasteiger partial charge in [-0.05, 0) is 43.7 Å². The molecule has 0 fully saturated rings. The summed E-state index contributed by atoms with van der Waals surface area (Å²) in [5.74, 6) is -0.318. The fraction of sp³-hybridized carbons (Fsp3) is 0.222. The zero-order valence-corrected chi connectivity index (χ0v) is 14.5. The fourth-order valence-corrected chi connectivity index (χ4v) is 3.19. The Bertz CT molecular complexity index is 975. The van der Waals surface area contributed by atoms with Crippen LogP contribution < -0.4 is 5.43 Å². The van der Waals surface area contributed by atoms with Crippen LogP contribution in [0.25, 0.3) is 21.8 Å². The number of fused-ring (bicyclic) bond motifs is 2. The smallest absolute Gasteiger partial charge is 0.325 e. The van der Waals surface area contributed by atoms with Gasteiger partial charge >= 0.3 is 5.97 Å². The molecule has 1 aromatic heterocycles. The maximum Gasteiger partial charge on any atom is 0.325 e. The normalized spacial score (nSPS) is 11.1. The first kappa shape index (κ1) is 15.7. The number of esters is 1. The first-order valence-corrected chi connectivity index (χ1v) is 8.20. The number of nitrogens with zero attached hydrogens (tertiary/aromatic N) is 1. The molecule has 0 atom stereocenters. The third kappa shape index (κ3) is 2.65. The molecule has 0 amide bonds. The van der Waals surface area contributed by atoms with Crippen LogP contribution in [0.15, 0.2) is 45.7 Å². The Hall–Kier alpha value is -2.14. The molecule has 0 N–H and O–H groups in total. The summed E-state index contributed by atoms with van der Waals surface area (Å²) in [5, 5.41) is 1.21. The van der Waals surface area contributed by atoms with Gasteiger partial charge in [0.1, 0.15) is 6.54 Å². The van der Waals surface area contributed by atoms with Gasteiger partial charge in [-0.15, -0.1) is 0 Å². The maximum absolute atomic E-state index is 12.8. The number of hydrogen-bond donors (Lipinski definition) is 0. The van der Waals surface area contributed by atoms with Crippen LogP contribution in [0.3, 0.4) is 0 Å². The number of benzene rings is 2. The zero-order chi connectivity index (χ0) is 16.6. The Balaban J connectivity index is 2.45. The summed E-state index contributed by atoms with van der Waals surface area (Å²) in [4.78, 5) is 24.8. The molecule has 0 radical (unpaired) electrons. The minimum atomic E-state index is -0.318. The summed E-state index contributed by atoms with van der Waals surface area (Å²) >= 11 is 3.50. The second kappa shape index (κ2) is 6.16. The van der Waals surface area contributed by atoms with Crippen LogP contribution in [0.1, 0.15) is 12.5 Å². The molecule has 0 bridgehead atoms. The highest BCUT2D eigenvalue weighted by atomic mass is 79.9. The summed E-state index contributed by atoms with van der Waals surface area (Å²) in [6.45, 7) is 4.11. The Morgan fingerprint density at radius 2 is 1.91 bits per heavy atom. The lowest BCUT2D eigenvalue weighted by molar-refractivity contribution is -0.143. The van der Waals surface area contributed by atoms with Gasteiger partial charge in [0.25, 0.3) is 0 Å². The van der Waals surface area contributed by atoms with Crippen molar-refractivity contribution in [2.24, 2.45) is 0 Å². The van der Waals surface area contributed by atoms with Crippen LogP contribution in [-0.2, 0) is 16.1 Å². The van der Waals surface area contributed by atoms with Crippen LogP contribution in [0.4, 0.5) is 0 Å². The number of pyridine rings is 1. The third-order valence-electron chi connectivity index (χ3n) is 3.91. The van der Waals surface area contributed by atoms with Gasteiger partial charge in [-0.2, -0.15) is 0 Å². The minimum absolute atomic E-state index is 0.0219. The summed E-state index contributed by atoms with van der Waals surface area (Å²) < 4.78 is 7.86. The number of para-hydroxylation sites is 1. The molecular formula is C18H16BrNO3. The lowest BCUT2D eigenvalue weighted by Crippen LogP contribution is -2.18. The molecule has 5 heteroatoms. The van der Waals surface area contributed by atoms with Gasteiger partial charge in [0.15, 0.2) is 5.43 Å². The Labute approximate surface area is 141 Å². The highest BCUT2D eigenvalue weighted by molar-refractivity contribution is 9.10. The van der Waals surface area contributed by atoms with Gasteiger partial charge in [0.05, 0.1) is 17.6 Å². The summed E-state index contributed by atoms with van der Waals surface area (Å²) in [5.41, 5.74) is 2.40. The van der Waals surface area contributed by atoms with Gasteiger partial charge in [-0.25, -0.2) is 0 Å². The van der Waals surface area contributed by atoms with Crippen LogP contribution in [0.5, 0.6) is 0 Å². The van der Waals surface area contributed by atoms with E-state index in [4.69, 9.17) is 4.74 Å². The van der Waals surface area contributed by atoms with Crippen molar-refractivity contribution in [3.05, 3.63) is 56.7 Å². The minimum Gasteiger partial charge on any atom is -0.465 e. The first-order chi connectivity index (χ1) is 11.0. The summed E-state index contributed by atoms with van der Waals surface area (Å²) in [7, 11) is 0. The van der Waals surface area contributed by atoms with Gasteiger partial charge < -0.3 is 9.30 Å². The predicted molar refractivity (Wildman–Crippen MR) is 94.8 cm³/mol. The van der Waals surface area contributed by atoms with Crippen molar-refractivity contribution in [1.82, 2.24) is 4.57 Å². The van der Waals surface area contributed by atoms with Gasteiger partial charge in [0, 0.05) is 15.2 Å². The van der Waals surface area contributed by atoms with Crippen LogP contribution in [0, 0.1) is 6.92 Å². The first-order valence-electron chi connectivity index (χ1n) is 7.40. The van der Waals surface area contributed by atoms with Crippen molar-refractivity contribution in [2.75, 3.05) is 6.61 Å². The van der Waals surface area contributed by atoms with E-state index in [-0.39, 0.29) is 17.9 Å². The standard InChI is InChI=1S/C18H16BrNO3/c1-3-23-16(21)10-20-15-7-5-4-6-12(15)18(22)13-8-9-14(19)11(2)17(13)20/h4-9H,3,10H2,1-2H3. The van der Waals surface area contributed by atoms with E-state index in [0.717, 1.165) is 21.1 Å². The van der Waals surface area contributed by atoms with Crippen LogP contribution in [-0.4, -0.2) is 17.1 Å². The molecule has 1 heterocycles. The molecule has 0 unspecified atom stereocenters. The molecule has 3 aromatic rings. The third-order valence-corrected chi connectivity index (χ3v) is 4.77. The Kier molecular flexibility index (Phi) is 4.22. The molecule has 0 aliphatic heterocycles. The molecule has 2 aromatic carbocycles. The van der Waals surface area contributed by atoms with Crippen molar-refractivity contribution in [3.63, 3.8) is 0 Å². The fourth-order valence-electron chi connectivity index (χ4n) is 2.87. The largest absolute Gasteiger partial charge is 0.465 e. The van der Waals surface area contributed by atoms with E-state index < -0.39 is 0 Å². The SMILES string of the molecule is CCOC(=O)Cn1c2ccccc2c(=O)c2ccc(Br)c(C)c21. The number of hydrogen-bond acceptors (Lipinski definition) is 3. The molecule has 0 aliphatic rings. The lowest BCUT2D eigenvalue weighted by atomic mass is 10.1. The van der Waals surface area contributed by atoms with E-state index in [0.29, 0.717) is 17.4 Å². The van der Waals surface area contributed by atoms with E-state index in [1.54, 1.807) is 19.1 Å². The molecule has 4 nitrogen and oxygen atoms in total. The van der Waals surface area contributed by atoms with Crippen molar-refractivity contribution in [2.45, 2.75) is 20.4 Å². The zero-order valence-electron chi connectivity index (χ0n) is 12.9. The lowest BCUT2D eigenvalue weighted by Gasteiger charge is -2.17. The van der Waals surface area contributed by atoms with Crippen molar-refractivity contribution >= 4 is 43.7 Å². The molecular weight excluding hydrogens is 358 g/mol. The second-order valence-electron chi connectivity index (χ2n) is 5.31. The highest BCUT2D eigenvalue weighted by Gasteiger charge is 2.16. The molecule has 0 aliphatic carbocycles. The topological polar surface area (TPSA) is 48.3 Å². The van der Waals surface area contributed by atoms with Crippen molar-refractivity contribution in [1.29, 1.82) is 0 Å². The van der Waals surface area contributed by atoms with Gasteiger partial charge in [0.2, 0.25) is 0 Å². The average molecular weight is 374 g/mol. The van der Waals surface area contributed by atoms with E-state index in [1.807, 2.05) is 35.8 Å². The monoisotopic (exact) mass is 373 g/mol. The molecule has 0 saturated carbocycles. The number of aromatic nitrogens is 1. The number of ether oxygens (including phenoxy) is 1. The Morgan fingerprint density at radius 1 is 1.17 bits per heavy atom. The van der Waals surface area contributed by atoms with Crippen molar-refractivity contribution < 1.29 is 9.53 Å². The van der Waals surface area contributed by atoms with Crippen LogP contribution >= 0.6 is 15.9 Å². The molecule has 23 heavy (non-hydrogen) atoms. The van der Waals surface area contributed by atoms with Gasteiger partial charge in [-0.1, -0.05) is 28.1 Å². The maximum atomic E-state index is 12.8. The quantitative estimate of drug-likeness (QED) is 0.518. The van der Waals surface area contributed by atoms with Crippen molar-refractivity contribution in [3.8, 4) is 0 Å². The number of carbonyl (C=O) groups excluding carboxylic acids is 1. The molecule has 0 saturated heterocycles. The van der Waals surface area contributed by atoms with Crippen LogP contribution in [0.2, 0.25) is 0 Å². The highest BCUT2D eigenvalue weighted by Crippen LogP contribution is 2.27. The van der Waals surface area contributed by atoms with E-state index in [1.165, 1.54) is 0 Å². The number of carbonyl (C=O) groups is 1. The Morgan fingerprint density at radius 3 is 2.65 bits per heavy atom. The average Bonchev–Trinajstić information content (AvgIpc) is 2.54. The summed E-state index contributed by atoms with van der Waals surface area (Å²) in [6, 6.07) is 11.0. The summed E-state index contributed by atoms with van der Waals surface area (Å²) in [6.07, 6.45) is 0. The predicted octanol–water partition coefficient (Wildman–Crippen LogP) is 3.79. The number of aryl methyl sites for hydroxylation is 1. The van der Waals surface area contributed by atoms with Gasteiger partial charge in [-0.3, -0.25) is 9.59 Å². The molecule has 0 spiro atoms. The van der Waals surface area contributed by atoms with E-state index in [9.17, 15) is 9.59 Å². The number of halogens is 1. The van der Waals surface area contributed by atoms with E-state index >= 15 is 0 Å². The van der Waals surface area contributed by atoms with E-state index in [2.05, 4.69) is 15.9 Å². The molecule has 118 valence electrons. The molecule has 3 rings (SSSR count).